The lowest BCUT2D eigenvalue weighted by Crippen LogP contribution is -2.39. The van der Waals surface area contributed by atoms with Crippen LogP contribution in [0.1, 0.15) is 49.3 Å². The zero-order chi connectivity index (χ0) is 26.2. The molecule has 0 fully saturated rings. The van der Waals surface area contributed by atoms with Gasteiger partial charge in [0.1, 0.15) is 12.4 Å². The van der Waals surface area contributed by atoms with Crippen molar-refractivity contribution in [2.75, 3.05) is 11.4 Å². The molecule has 1 heterocycles. The molecule has 3 aromatic carbocycles. The number of rotatable bonds is 11. The molecule has 2 amide bonds. The van der Waals surface area contributed by atoms with Gasteiger partial charge in [-0.2, -0.15) is 0 Å². The monoisotopic (exact) mass is 516 g/mol. The summed E-state index contributed by atoms with van der Waals surface area (Å²) < 4.78 is 2.05. The van der Waals surface area contributed by atoms with E-state index in [2.05, 4.69) is 9.88 Å². The number of unbranched alkanes of at least 4 members (excludes halogenated alkanes) is 2. The number of anilines is 1. The summed E-state index contributed by atoms with van der Waals surface area (Å²) in [5, 5.41) is 3.57. The molecule has 0 aliphatic carbocycles. The minimum atomic E-state index is -0.0925. The van der Waals surface area contributed by atoms with Crippen molar-refractivity contribution in [3.8, 4) is 0 Å². The molecule has 0 saturated heterocycles. The van der Waals surface area contributed by atoms with Gasteiger partial charge in [-0.3, -0.25) is 9.59 Å². The van der Waals surface area contributed by atoms with Gasteiger partial charge in [-0.15, -0.1) is 0 Å². The van der Waals surface area contributed by atoms with Crippen molar-refractivity contribution in [3.63, 3.8) is 0 Å². The number of nitrogens with one attached hydrogen (secondary N) is 1. The molecule has 0 bridgehead atoms. The van der Waals surface area contributed by atoms with Gasteiger partial charge in [-0.25, -0.2) is 4.98 Å². The number of imidazole rings is 1. The third kappa shape index (κ3) is 6.77. The Kier molecular flexibility index (Phi) is 8.96. The predicted molar refractivity (Wildman–Crippen MR) is 150 cm³/mol. The summed E-state index contributed by atoms with van der Waals surface area (Å²) in [6.45, 7) is 4.91. The smallest absolute Gasteiger partial charge is 0.251 e. The second kappa shape index (κ2) is 12.5. The van der Waals surface area contributed by atoms with Crippen LogP contribution in [0, 0.1) is 0 Å². The molecule has 0 atom stereocenters. The molecular weight excluding hydrogens is 484 g/mol. The number of nitrogens with zero attached hydrogens (tertiary/aromatic N) is 3. The highest BCUT2D eigenvalue weighted by Gasteiger charge is 2.21. The zero-order valence-electron chi connectivity index (χ0n) is 21.4. The van der Waals surface area contributed by atoms with E-state index >= 15 is 0 Å². The lowest BCUT2D eigenvalue weighted by molar-refractivity contribution is -0.119. The van der Waals surface area contributed by atoms with Crippen LogP contribution in [-0.4, -0.2) is 34.0 Å². The van der Waals surface area contributed by atoms with Crippen LogP contribution in [0.25, 0.3) is 11.0 Å². The fourth-order valence-corrected chi connectivity index (χ4v) is 4.64. The van der Waals surface area contributed by atoms with Gasteiger partial charge in [0.05, 0.1) is 11.0 Å². The largest absolute Gasteiger partial charge is 0.352 e. The van der Waals surface area contributed by atoms with E-state index in [1.54, 1.807) is 24.3 Å². The zero-order valence-corrected chi connectivity index (χ0v) is 22.1. The van der Waals surface area contributed by atoms with Crippen molar-refractivity contribution in [1.82, 2.24) is 14.9 Å². The number of fused-ring (bicyclic) bond motifs is 1. The van der Waals surface area contributed by atoms with Crippen molar-refractivity contribution in [3.05, 3.63) is 95.3 Å². The van der Waals surface area contributed by atoms with Gasteiger partial charge in [0.25, 0.3) is 5.91 Å². The van der Waals surface area contributed by atoms with Crippen LogP contribution < -0.4 is 10.2 Å². The predicted octanol–water partition coefficient (Wildman–Crippen LogP) is 6.27. The molecule has 0 aliphatic rings. The quantitative estimate of drug-likeness (QED) is 0.239. The second-order valence-corrected chi connectivity index (χ2v) is 9.81. The van der Waals surface area contributed by atoms with Crippen LogP contribution in [0.4, 0.5) is 5.69 Å². The number of aromatic nitrogens is 2. The minimum Gasteiger partial charge on any atom is -0.352 e. The number of aryl methyl sites for hydroxylation is 1. The average molecular weight is 517 g/mol. The van der Waals surface area contributed by atoms with Crippen LogP contribution in [0.2, 0.25) is 5.02 Å². The summed E-state index contributed by atoms with van der Waals surface area (Å²) in [7, 11) is 0. The molecule has 0 unspecified atom stereocenters. The molecule has 1 aromatic heterocycles. The Hall–Kier alpha value is -3.64. The van der Waals surface area contributed by atoms with Crippen LogP contribution in [0.3, 0.4) is 0 Å². The van der Waals surface area contributed by atoms with Crippen LogP contribution in [0.5, 0.6) is 0 Å². The van der Waals surface area contributed by atoms with Gasteiger partial charge < -0.3 is 14.8 Å². The van der Waals surface area contributed by atoms with E-state index in [1.165, 1.54) is 0 Å². The molecule has 192 valence electrons. The van der Waals surface area contributed by atoms with Gasteiger partial charge in [0.2, 0.25) is 5.91 Å². The Labute approximate surface area is 223 Å². The van der Waals surface area contributed by atoms with Crippen molar-refractivity contribution in [2.24, 2.45) is 0 Å². The van der Waals surface area contributed by atoms with E-state index in [4.69, 9.17) is 16.6 Å². The normalized spacial score (nSPS) is 11.1. The fourth-order valence-electron chi connectivity index (χ4n) is 4.51. The maximum absolute atomic E-state index is 13.5. The highest BCUT2D eigenvalue weighted by Crippen LogP contribution is 2.21. The maximum Gasteiger partial charge on any atom is 0.251 e. The standard InChI is InChI=1S/C30H33ClN4O2/c1-22(2)35(25-11-5-3-6-12-25)29(36)21-34-27-14-9-8-13-26(27)33-28(34)15-7-4-10-20-32-30(37)23-16-18-24(31)19-17-23/h3,5-6,8-9,11-14,16-19,22H,4,7,10,15,20-21H2,1-2H3,(H,32,37). The summed E-state index contributed by atoms with van der Waals surface area (Å²) in [6, 6.07) is 24.7. The van der Waals surface area contributed by atoms with Gasteiger partial charge in [-0.05, 0) is 75.2 Å². The summed E-state index contributed by atoms with van der Waals surface area (Å²) in [5.41, 5.74) is 3.37. The third-order valence-electron chi connectivity index (χ3n) is 6.32. The molecule has 0 aliphatic heterocycles. The number of hydrogen-bond donors (Lipinski definition) is 1. The van der Waals surface area contributed by atoms with Gasteiger partial charge >= 0.3 is 0 Å². The third-order valence-corrected chi connectivity index (χ3v) is 6.57. The van der Waals surface area contributed by atoms with Gasteiger partial charge in [0, 0.05) is 35.3 Å². The van der Waals surface area contributed by atoms with Crippen LogP contribution in [-0.2, 0) is 17.8 Å². The van der Waals surface area contributed by atoms with E-state index in [0.717, 1.165) is 48.2 Å². The summed E-state index contributed by atoms with van der Waals surface area (Å²) in [6.07, 6.45) is 3.49. The first-order valence-corrected chi connectivity index (χ1v) is 13.2. The molecule has 37 heavy (non-hydrogen) atoms. The van der Waals surface area contributed by atoms with Gasteiger partial charge in [0.15, 0.2) is 0 Å². The number of hydrogen-bond acceptors (Lipinski definition) is 3. The minimum absolute atomic E-state index is 0.0375. The van der Waals surface area contributed by atoms with Crippen molar-refractivity contribution in [1.29, 1.82) is 0 Å². The topological polar surface area (TPSA) is 67.2 Å². The Morgan fingerprint density at radius 2 is 1.62 bits per heavy atom. The molecule has 4 aromatic rings. The number of carbonyl (C=O) groups is 2. The number of halogens is 1. The van der Waals surface area contributed by atoms with E-state index < -0.39 is 0 Å². The van der Waals surface area contributed by atoms with E-state index in [-0.39, 0.29) is 24.4 Å². The number of benzene rings is 3. The lowest BCUT2D eigenvalue weighted by Gasteiger charge is -2.27. The lowest BCUT2D eigenvalue weighted by atomic mass is 10.1. The molecule has 0 spiro atoms. The summed E-state index contributed by atoms with van der Waals surface area (Å²) in [5.74, 6) is 0.858. The van der Waals surface area contributed by atoms with E-state index in [0.29, 0.717) is 17.1 Å². The molecule has 6 nitrogen and oxygen atoms in total. The van der Waals surface area contributed by atoms with Crippen molar-refractivity contribution >= 4 is 40.1 Å². The molecule has 0 radical (unpaired) electrons. The first-order valence-electron chi connectivity index (χ1n) is 12.8. The number of para-hydroxylation sites is 3. The molecule has 1 N–H and O–H groups in total. The fraction of sp³-hybridized carbons (Fsp3) is 0.300. The Bertz CT molecular complexity index is 1330. The first kappa shape index (κ1) is 26.4. The molecule has 4 rings (SSSR count). The summed E-state index contributed by atoms with van der Waals surface area (Å²) in [4.78, 5) is 32.4. The molecule has 0 saturated carbocycles. The summed E-state index contributed by atoms with van der Waals surface area (Å²) >= 11 is 5.89. The Balaban J connectivity index is 1.37. The highest BCUT2D eigenvalue weighted by molar-refractivity contribution is 6.30. The van der Waals surface area contributed by atoms with Crippen LogP contribution >= 0.6 is 11.6 Å². The van der Waals surface area contributed by atoms with Crippen molar-refractivity contribution in [2.45, 2.75) is 52.1 Å². The van der Waals surface area contributed by atoms with Crippen molar-refractivity contribution < 1.29 is 9.59 Å². The van der Waals surface area contributed by atoms with E-state index in [1.807, 2.05) is 73.3 Å². The van der Waals surface area contributed by atoms with Gasteiger partial charge in [-0.1, -0.05) is 48.4 Å². The number of carbonyl (C=O) groups excluding carboxylic acids is 2. The maximum atomic E-state index is 13.5. The Morgan fingerprint density at radius 1 is 0.919 bits per heavy atom. The highest BCUT2D eigenvalue weighted by atomic mass is 35.5. The average Bonchev–Trinajstić information content (AvgIpc) is 3.24. The SMILES string of the molecule is CC(C)N(C(=O)Cn1c(CCCCCNC(=O)c2ccc(Cl)cc2)nc2ccccc21)c1ccccc1. The van der Waals surface area contributed by atoms with Crippen LogP contribution in [0.15, 0.2) is 78.9 Å². The molecule has 7 heteroatoms. The molecular formula is C30H33ClN4O2. The number of amides is 2. The first-order chi connectivity index (χ1) is 17.9. The Morgan fingerprint density at radius 3 is 2.35 bits per heavy atom. The van der Waals surface area contributed by atoms with E-state index in [9.17, 15) is 9.59 Å². The second-order valence-electron chi connectivity index (χ2n) is 9.37.